The number of methoxy groups -OCH3 is 2. The summed E-state index contributed by atoms with van der Waals surface area (Å²) >= 11 is 2.05. The van der Waals surface area contributed by atoms with Crippen LogP contribution in [0.15, 0.2) is 18.2 Å². The monoisotopic (exact) mass is 464 g/mol. The zero-order chi connectivity index (χ0) is 18.8. The lowest BCUT2D eigenvalue weighted by Crippen LogP contribution is -2.15. The molecule has 140 valence electrons. The van der Waals surface area contributed by atoms with E-state index in [-0.39, 0.29) is 25.4 Å². The highest BCUT2D eigenvalue weighted by molar-refractivity contribution is 14.1. The van der Waals surface area contributed by atoms with Crippen LogP contribution in [0, 0.1) is 3.57 Å². The molecule has 0 bridgehead atoms. The largest absolute Gasteiger partial charge is 0.462 e. The number of hydrogen-bond donors (Lipinski definition) is 0. The van der Waals surface area contributed by atoms with Gasteiger partial charge < -0.3 is 18.9 Å². The second kappa shape index (κ2) is 11.4. The number of benzene rings is 1. The molecule has 1 rings (SSSR count). The van der Waals surface area contributed by atoms with Crippen LogP contribution in [0.1, 0.15) is 47.4 Å². The van der Waals surface area contributed by atoms with Gasteiger partial charge in [0.1, 0.15) is 0 Å². The summed E-state index contributed by atoms with van der Waals surface area (Å²) in [6.45, 7) is 4.32. The van der Waals surface area contributed by atoms with Crippen molar-refractivity contribution in [3.63, 3.8) is 0 Å². The van der Waals surface area contributed by atoms with Crippen LogP contribution in [0.3, 0.4) is 0 Å². The van der Waals surface area contributed by atoms with E-state index in [9.17, 15) is 9.59 Å². The summed E-state index contributed by atoms with van der Waals surface area (Å²) in [7, 11) is 3.22. The lowest BCUT2D eigenvalue weighted by atomic mass is 10.1. The molecule has 25 heavy (non-hydrogen) atoms. The van der Waals surface area contributed by atoms with Gasteiger partial charge in [-0.05, 0) is 54.6 Å². The Morgan fingerprint density at radius 2 is 1.28 bits per heavy atom. The fourth-order valence-electron chi connectivity index (χ4n) is 1.86. The molecule has 6 nitrogen and oxygen atoms in total. The van der Waals surface area contributed by atoms with Crippen molar-refractivity contribution in [2.45, 2.75) is 38.9 Å². The predicted molar refractivity (Wildman–Crippen MR) is 102 cm³/mol. The summed E-state index contributed by atoms with van der Waals surface area (Å²) in [6, 6.07) is 4.84. The molecule has 0 amide bonds. The molecule has 0 aliphatic heterocycles. The van der Waals surface area contributed by atoms with Gasteiger partial charge in [-0.2, -0.15) is 0 Å². The number of ether oxygens (including phenoxy) is 4. The van der Waals surface area contributed by atoms with Crippen molar-refractivity contribution in [3.8, 4) is 0 Å². The van der Waals surface area contributed by atoms with Crippen molar-refractivity contribution < 1.29 is 28.5 Å². The van der Waals surface area contributed by atoms with E-state index >= 15 is 0 Å². The van der Waals surface area contributed by atoms with E-state index < -0.39 is 11.9 Å². The Balaban J connectivity index is 2.65. The van der Waals surface area contributed by atoms with Gasteiger partial charge in [-0.15, -0.1) is 0 Å². The second-order valence-corrected chi connectivity index (χ2v) is 6.92. The molecule has 0 aliphatic carbocycles. The molecule has 0 spiro atoms. The van der Waals surface area contributed by atoms with Crippen molar-refractivity contribution >= 4 is 34.5 Å². The third kappa shape index (κ3) is 8.15. The zero-order valence-electron chi connectivity index (χ0n) is 15.0. The van der Waals surface area contributed by atoms with Gasteiger partial charge in [-0.1, -0.05) is 0 Å². The van der Waals surface area contributed by atoms with Crippen molar-refractivity contribution in [1.29, 1.82) is 0 Å². The molecular formula is C18H25IO6. The van der Waals surface area contributed by atoms with Gasteiger partial charge in [0.25, 0.3) is 0 Å². The number of carbonyl (C=O) groups excluding carboxylic acids is 2. The molecule has 0 unspecified atom stereocenters. The molecule has 0 aromatic heterocycles. The quantitative estimate of drug-likeness (QED) is 0.390. The fourth-order valence-corrected chi connectivity index (χ4v) is 2.53. The minimum absolute atomic E-state index is 0.0174. The standard InChI is InChI=1S/C18H25IO6/c1-12(22-3)5-7-24-17(20)14-9-15(11-16(19)10-14)18(21)25-8-6-13(2)23-4/h9-13H,5-8H2,1-4H3/t12-,13+. The Labute approximate surface area is 162 Å². The van der Waals surface area contributed by atoms with Crippen LogP contribution < -0.4 is 0 Å². The summed E-state index contributed by atoms with van der Waals surface area (Å²) in [4.78, 5) is 24.3. The van der Waals surface area contributed by atoms with E-state index in [0.717, 1.165) is 3.57 Å². The molecular weight excluding hydrogens is 439 g/mol. The van der Waals surface area contributed by atoms with Crippen LogP contribution in [-0.2, 0) is 18.9 Å². The van der Waals surface area contributed by atoms with E-state index in [1.165, 1.54) is 6.07 Å². The highest BCUT2D eigenvalue weighted by Crippen LogP contribution is 2.15. The maximum atomic E-state index is 12.1. The van der Waals surface area contributed by atoms with E-state index in [4.69, 9.17) is 18.9 Å². The molecule has 0 aliphatic rings. The molecule has 0 N–H and O–H groups in total. The topological polar surface area (TPSA) is 71.1 Å². The number of carbonyl (C=O) groups is 2. The first-order valence-electron chi connectivity index (χ1n) is 8.07. The molecule has 0 saturated heterocycles. The lowest BCUT2D eigenvalue weighted by Gasteiger charge is -2.11. The molecule has 0 fully saturated rings. The summed E-state index contributed by atoms with van der Waals surface area (Å²) in [5, 5.41) is 0. The molecule has 7 heteroatoms. The highest BCUT2D eigenvalue weighted by atomic mass is 127. The number of rotatable bonds is 10. The summed E-state index contributed by atoms with van der Waals surface area (Å²) in [6.07, 6.45) is 1.25. The van der Waals surface area contributed by atoms with E-state index in [1.807, 2.05) is 13.8 Å². The van der Waals surface area contributed by atoms with E-state index in [0.29, 0.717) is 24.0 Å². The Morgan fingerprint density at radius 3 is 1.64 bits per heavy atom. The van der Waals surface area contributed by atoms with Gasteiger partial charge in [-0.3, -0.25) is 0 Å². The van der Waals surface area contributed by atoms with Crippen LogP contribution in [0.25, 0.3) is 0 Å². The lowest BCUT2D eigenvalue weighted by molar-refractivity contribution is 0.0389. The third-order valence-electron chi connectivity index (χ3n) is 3.69. The molecule has 0 saturated carbocycles. The third-order valence-corrected chi connectivity index (χ3v) is 4.31. The van der Waals surface area contributed by atoms with Gasteiger partial charge >= 0.3 is 11.9 Å². The fraction of sp³-hybridized carbons (Fsp3) is 0.556. The first-order chi connectivity index (χ1) is 11.9. The Kier molecular flexibility index (Phi) is 9.99. The smallest absolute Gasteiger partial charge is 0.338 e. The Morgan fingerprint density at radius 1 is 0.880 bits per heavy atom. The van der Waals surface area contributed by atoms with Gasteiger partial charge in [0.15, 0.2) is 0 Å². The van der Waals surface area contributed by atoms with Gasteiger partial charge in [0, 0.05) is 30.6 Å². The second-order valence-electron chi connectivity index (χ2n) is 5.67. The summed E-state index contributed by atoms with van der Waals surface area (Å²) < 4.78 is 21.4. The zero-order valence-corrected chi connectivity index (χ0v) is 17.2. The first kappa shape index (κ1) is 21.9. The first-order valence-corrected chi connectivity index (χ1v) is 9.15. The van der Waals surface area contributed by atoms with Crippen LogP contribution >= 0.6 is 22.6 Å². The normalized spacial score (nSPS) is 13.2. The molecule has 1 aromatic carbocycles. The maximum Gasteiger partial charge on any atom is 0.338 e. The average molecular weight is 464 g/mol. The summed E-state index contributed by atoms with van der Waals surface area (Å²) in [5.74, 6) is -0.937. The van der Waals surface area contributed by atoms with Crippen molar-refractivity contribution in [1.82, 2.24) is 0 Å². The number of halogens is 1. The minimum Gasteiger partial charge on any atom is -0.462 e. The number of esters is 2. The van der Waals surface area contributed by atoms with Crippen LogP contribution in [0.2, 0.25) is 0 Å². The average Bonchev–Trinajstić information content (AvgIpc) is 2.60. The SMILES string of the molecule is CO[C@H](C)CCOC(=O)c1cc(I)cc(C(=O)OCC[C@H](C)OC)c1. The van der Waals surface area contributed by atoms with Crippen LogP contribution in [0.5, 0.6) is 0 Å². The predicted octanol–water partition coefficient (Wildman–Crippen LogP) is 3.45. The van der Waals surface area contributed by atoms with Crippen LogP contribution in [-0.4, -0.2) is 51.6 Å². The Bertz CT molecular complexity index is 528. The summed E-state index contributed by atoms with van der Waals surface area (Å²) in [5.41, 5.74) is 0.656. The van der Waals surface area contributed by atoms with Crippen molar-refractivity contribution in [2.75, 3.05) is 27.4 Å². The molecule has 0 heterocycles. The number of hydrogen-bond acceptors (Lipinski definition) is 6. The molecule has 0 radical (unpaired) electrons. The Hall–Kier alpha value is -1.19. The van der Waals surface area contributed by atoms with E-state index in [1.54, 1.807) is 26.4 Å². The van der Waals surface area contributed by atoms with Crippen molar-refractivity contribution in [3.05, 3.63) is 32.9 Å². The van der Waals surface area contributed by atoms with E-state index in [2.05, 4.69) is 22.6 Å². The maximum absolute atomic E-state index is 12.1. The van der Waals surface area contributed by atoms with Gasteiger partial charge in [-0.25, -0.2) is 9.59 Å². The minimum atomic E-state index is -0.469. The molecule has 2 atom stereocenters. The van der Waals surface area contributed by atoms with Crippen molar-refractivity contribution in [2.24, 2.45) is 0 Å². The van der Waals surface area contributed by atoms with Gasteiger partial charge in [0.2, 0.25) is 0 Å². The van der Waals surface area contributed by atoms with Crippen LogP contribution in [0.4, 0.5) is 0 Å². The van der Waals surface area contributed by atoms with Gasteiger partial charge in [0.05, 0.1) is 36.5 Å². The molecule has 1 aromatic rings. The highest BCUT2D eigenvalue weighted by Gasteiger charge is 2.15.